The van der Waals surface area contributed by atoms with Crippen LogP contribution < -0.4 is 11.1 Å². The SMILES string of the molecule is Cc1cc(NCCOC(C)/C(N)=N/O)ccc1F. The van der Waals surface area contributed by atoms with Gasteiger partial charge in [0.05, 0.1) is 6.61 Å². The number of aryl methyl sites for hydroxylation is 1. The first-order valence-electron chi connectivity index (χ1n) is 5.63. The van der Waals surface area contributed by atoms with E-state index in [1.807, 2.05) is 0 Å². The van der Waals surface area contributed by atoms with Gasteiger partial charge in [0.25, 0.3) is 0 Å². The van der Waals surface area contributed by atoms with Crippen molar-refractivity contribution in [3.63, 3.8) is 0 Å². The second kappa shape index (κ2) is 6.80. The predicted molar refractivity (Wildman–Crippen MR) is 68.4 cm³/mol. The number of ether oxygens (including phenoxy) is 1. The lowest BCUT2D eigenvalue weighted by atomic mass is 10.2. The summed E-state index contributed by atoms with van der Waals surface area (Å²) in [6.45, 7) is 4.34. The number of amidine groups is 1. The van der Waals surface area contributed by atoms with Gasteiger partial charge in [-0.05, 0) is 37.6 Å². The minimum Gasteiger partial charge on any atom is -0.409 e. The number of hydrogen-bond acceptors (Lipinski definition) is 4. The minimum absolute atomic E-state index is 0.0348. The van der Waals surface area contributed by atoms with Crippen LogP contribution in [0.15, 0.2) is 23.4 Å². The van der Waals surface area contributed by atoms with Gasteiger partial charge in [-0.2, -0.15) is 0 Å². The smallest absolute Gasteiger partial charge is 0.168 e. The van der Waals surface area contributed by atoms with Crippen LogP contribution in [-0.2, 0) is 4.74 Å². The molecule has 0 aliphatic rings. The highest BCUT2D eigenvalue weighted by atomic mass is 19.1. The molecular weight excluding hydrogens is 237 g/mol. The number of benzene rings is 1. The van der Waals surface area contributed by atoms with Gasteiger partial charge in [-0.1, -0.05) is 5.16 Å². The number of nitrogens with two attached hydrogens (primary N) is 1. The zero-order chi connectivity index (χ0) is 13.5. The van der Waals surface area contributed by atoms with Crippen LogP contribution in [-0.4, -0.2) is 30.3 Å². The minimum atomic E-state index is -0.438. The lowest BCUT2D eigenvalue weighted by Crippen LogP contribution is -2.30. The molecule has 0 saturated heterocycles. The van der Waals surface area contributed by atoms with E-state index >= 15 is 0 Å². The fourth-order valence-electron chi connectivity index (χ4n) is 1.35. The molecule has 0 fully saturated rings. The van der Waals surface area contributed by atoms with Crippen LogP contribution >= 0.6 is 0 Å². The lowest BCUT2D eigenvalue weighted by molar-refractivity contribution is 0.115. The third-order valence-electron chi connectivity index (χ3n) is 2.49. The summed E-state index contributed by atoms with van der Waals surface area (Å²) in [5.41, 5.74) is 6.78. The number of oxime groups is 1. The van der Waals surface area contributed by atoms with Crippen molar-refractivity contribution in [2.24, 2.45) is 10.9 Å². The normalized spacial score (nSPS) is 13.4. The molecule has 1 aromatic rings. The van der Waals surface area contributed by atoms with E-state index in [1.165, 1.54) is 6.07 Å². The summed E-state index contributed by atoms with van der Waals surface area (Å²) in [7, 11) is 0. The Hall–Kier alpha value is -1.82. The highest BCUT2D eigenvalue weighted by Gasteiger charge is 2.06. The van der Waals surface area contributed by atoms with Gasteiger partial charge >= 0.3 is 0 Å². The van der Waals surface area contributed by atoms with Crippen LogP contribution in [0, 0.1) is 12.7 Å². The molecule has 4 N–H and O–H groups in total. The Kier molecular flexibility index (Phi) is 5.38. The van der Waals surface area contributed by atoms with Crippen LogP contribution in [0.3, 0.4) is 0 Å². The van der Waals surface area contributed by atoms with E-state index in [4.69, 9.17) is 15.7 Å². The topological polar surface area (TPSA) is 79.9 Å². The summed E-state index contributed by atoms with van der Waals surface area (Å²) >= 11 is 0. The van der Waals surface area contributed by atoms with E-state index in [0.717, 1.165) is 5.69 Å². The van der Waals surface area contributed by atoms with Crippen molar-refractivity contribution in [1.29, 1.82) is 0 Å². The molecule has 1 rings (SSSR count). The molecule has 1 atom stereocenters. The number of hydrogen-bond donors (Lipinski definition) is 3. The van der Waals surface area contributed by atoms with Gasteiger partial charge in [0.2, 0.25) is 0 Å². The van der Waals surface area contributed by atoms with E-state index in [1.54, 1.807) is 26.0 Å². The maximum absolute atomic E-state index is 13.0. The van der Waals surface area contributed by atoms with Crippen LogP contribution in [0.5, 0.6) is 0 Å². The average molecular weight is 255 g/mol. The van der Waals surface area contributed by atoms with Gasteiger partial charge in [0, 0.05) is 12.2 Å². The molecule has 0 saturated carbocycles. The Bertz CT molecular complexity index is 424. The first-order valence-corrected chi connectivity index (χ1v) is 5.63. The number of rotatable bonds is 6. The van der Waals surface area contributed by atoms with Crippen molar-refractivity contribution in [2.45, 2.75) is 20.0 Å². The summed E-state index contributed by atoms with van der Waals surface area (Å²) in [5.74, 6) is -0.190. The highest BCUT2D eigenvalue weighted by molar-refractivity contribution is 5.83. The van der Waals surface area contributed by atoms with Gasteiger partial charge < -0.3 is 21.0 Å². The van der Waals surface area contributed by atoms with Gasteiger partial charge in [0.1, 0.15) is 11.9 Å². The van der Waals surface area contributed by atoms with E-state index in [9.17, 15) is 4.39 Å². The molecule has 5 nitrogen and oxygen atoms in total. The van der Waals surface area contributed by atoms with Crippen molar-refractivity contribution in [3.05, 3.63) is 29.6 Å². The van der Waals surface area contributed by atoms with Crippen molar-refractivity contribution in [2.75, 3.05) is 18.5 Å². The monoisotopic (exact) mass is 255 g/mol. The zero-order valence-corrected chi connectivity index (χ0v) is 10.5. The maximum Gasteiger partial charge on any atom is 0.168 e. The zero-order valence-electron chi connectivity index (χ0n) is 10.5. The van der Waals surface area contributed by atoms with Crippen LogP contribution in [0.1, 0.15) is 12.5 Å². The van der Waals surface area contributed by atoms with Crippen LogP contribution in [0.4, 0.5) is 10.1 Å². The van der Waals surface area contributed by atoms with Gasteiger partial charge in [-0.25, -0.2) is 4.39 Å². The van der Waals surface area contributed by atoms with E-state index in [2.05, 4.69) is 10.5 Å². The molecule has 100 valence electrons. The first kappa shape index (κ1) is 14.2. The van der Waals surface area contributed by atoms with Crippen molar-refractivity contribution < 1.29 is 14.3 Å². The largest absolute Gasteiger partial charge is 0.409 e. The molecule has 0 amide bonds. The Labute approximate surface area is 105 Å². The number of nitrogens with one attached hydrogen (secondary N) is 1. The Morgan fingerprint density at radius 2 is 2.33 bits per heavy atom. The Morgan fingerprint density at radius 3 is 2.94 bits per heavy atom. The molecule has 0 spiro atoms. The van der Waals surface area contributed by atoms with Crippen molar-refractivity contribution in [1.82, 2.24) is 0 Å². The second-order valence-corrected chi connectivity index (χ2v) is 3.93. The van der Waals surface area contributed by atoms with E-state index < -0.39 is 6.10 Å². The molecule has 0 bridgehead atoms. The molecule has 0 heterocycles. The molecular formula is C12H18FN3O2. The molecule has 1 aromatic carbocycles. The summed E-state index contributed by atoms with van der Waals surface area (Å²) in [6.07, 6.45) is -0.438. The Balaban J connectivity index is 2.32. The van der Waals surface area contributed by atoms with Crippen molar-refractivity contribution >= 4 is 11.5 Å². The quantitative estimate of drug-likeness (QED) is 0.238. The molecule has 0 aliphatic heterocycles. The van der Waals surface area contributed by atoms with Gasteiger partial charge in [-0.3, -0.25) is 0 Å². The summed E-state index contributed by atoms with van der Waals surface area (Å²) in [4.78, 5) is 0. The molecule has 0 aromatic heterocycles. The number of anilines is 1. The number of halogens is 1. The molecule has 0 radical (unpaired) electrons. The van der Waals surface area contributed by atoms with Crippen LogP contribution in [0.2, 0.25) is 0 Å². The lowest BCUT2D eigenvalue weighted by Gasteiger charge is -2.12. The molecule has 18 heavy (non-hydrogen) atoms. The number of nitrogens with zero attached hydrogens (tertiary/aromatic N) is 1. The highest BCUT2D eigenvalue weighted by Crippen LogP contribution is 2.13. The molecule has 0 aliphatic carbocycles. The second-order valence-electron chi connectivity index (χ2n) is 3.93. The summed E-state index contributed by atoms with van der Waals surface area (Å²) < 4.78 is 18.3. The fraction of sp³-hybridized carbons (Fsp3) is 0.417. The fourth-order valence-corrected chi connectivity index (χ4v) is 1.35. The predicted octanol–water partition coefficient (Wildman–Crippen LogP) is 1.70. The third-order valence-corrected chi connectivity index (χ3v) is 2.49. The summed E-state index contributed by atoms with van der Waals surface area (Å²) in [5, 5.41) is 14.4. The van der Waals surface area contributed by atoms with Crippen molar-refractivity contribution in [3.8, 4) is 0 Å². The molecule has 1 unspecified atom stereocenters. The molecule has 6 heteroatoms. The van der Waals surface area contributed by atoms with Crippen LogP contribution in [0.25, 0.3) is 0 Å². The Morgan fingerprint density at radius 1 is 1.61 bits per heavy atom. The van der Waals surface area contributed by atoms with Gasteiger partial charge in [0.15, 0.2) is 5.84 Å². The summed E-state index contributed by atoms with van der Waals surface area (Å²) in [6, 6.07) is 4.80. The third kappa shape index (κ3) is 4.21. The van der Waals surface area contributed by atoms with E-state index in [0.29, 0.717) is 18.7 Å². The van der Waals surface area contributed by atoms with E-state index in [-0.39, 0.29) is 11.7 Å². The maximum atomic E-state index is 13.0. The first-order chi connectivity index (χ1) is 8.54. The standard InChI is InChI=1S/C12H18FN3O2/c1-8-7-10(3-4-11(8)13)15-5-6-18-9(2)12(14)16-17/h3-4,7,9,15,17H,5-6H2,1-2H3,(H2,14,16). The average Bonchev–Trinajstić information content (AvgIpc) is 2.37. The van der Waals surface area contributed by atoms with Gasteiger partial charge in [-0.15, -0.1) is 0 Å².